The number of hydrogen-bond donors (Lipinski definition) is 0. The lowest BCUT2D eigenvalue weighted by Crippen LogP contribution is -2.52. The molecule has 1 fully saturated rings. The Morgan fingerprint density at radius 3 is 2.81 bits per heavy atom. The highest BCUT2D eigenvalue weighted by atomic mass is 16.5. The normalized spacial score (nSPS) is 17.5. The van der Waals surface area contributed by atoms with Gasteiger partial charge in [0, 0.05) is 35.6 Å². The maximum absolute atomic E-state index is 5.87. The van der Waals surface area contributed by atoms with Crippen LogP contribution < -0.4 is 4.74 Å². The third kappa shape index (κ3) is 3.85. The van der Waals surface area contributed by atoms with E-state index in [1.807, 2.05) is 36.4 Å². The SMILES string of the molecule is CC(C)(C)N1CCC1c1nc(-c2cccc(OCc3cccnc3)c2)no1. The van der Waals surface area contributed by atoms with Crippen LogP contribution in [0.4, 0.5) is 0 Å². The van der Waals surface area contributed by atoms with Crippen molar-refractivity contribution in [3.8, 4) is 17.1 Å². The van der Waals surface area contributed by atoms with E-state index in [1.54, 1.807) is 12.4 Å². The zero-order chi connectivity index (χ0) is 18.9. The smallest absolute Gasteiger partial charge is 0.244 e. The Labute approximate surface area is 159 Å². The lowest BCUT2D eigenvalue weighted by Gasteiger charge is -2.47. The fraction of sp³-hybridized carbons (Fsp3) is 0.381. The first-order valence-corrected chi connectivity index (χ1v) is 9.23. The van der Waals surface area contributed by atoms with Gasteiger partial charge >= 0.3 is 0 Å². The summed E-state index contributed by atoms with van der Waals surface area (Å²) in [7, 11) is 0. The van der Waals surface area contributed by atoms with Crippen LogP contribution >= 0.6 is 0 Å². The quantitative estimate of drug-likeness (QED) is 0.674. The van der Waals surface area contributed by atoms with Crippen molar-refractivity contribution in [3.63, 3.8) is 0 Å². The Hall–Kier alpha value is -2.73. The molecule has 0 spiro atoms. The minimum absolute atomic E-state index is 0.0948. The molecule has 0 N–H and O–H groups in total. The second-order valence-electron chi connectivity index (χ2n) is 7.80. The maximum atomic E-state index is 5.87. The van der Waals surface area contributed by atoms with E-state index in [0.717, 1.165) is 29.8 Å². The molecular weight excluding hydrogens is 340 g/mol. The molecule has 0 amide bonds. The van der Waals surface area contributed by atoms with Gasteiger partial charge in [0.25, 0.3) is 0 Å². The van der Waals surface area contributed by atoms with Crippen molar-refractivity contribution in [2.75, 3.05) is 6.54 Å². The largest absolute Gasteiger partial charge is 0.489 e. The van der Waals surface area contributed by atoms with E-state index >= 15 is 0 Å². The maximum Gasteiger partial charge on any atom is 0.244 e. The summed E-state index contributed by atoms with van der Waals surface area (Å²) in [5.74, 6) is 2.05. The predicted octanol–water partition coefficient (Wildman–Crippen LogP) is 4.26. The molecule has 6 nitrogen and oxygen atoms in total. The summed E-state index contributed by atoms with van der Waals surface area (Å²) in [6, 6.07) is 11.9. The van der Waals surface area contributed by atoms with Crippen LogP contribution in [0, 0.1) is 0 Å². The Balaban J connectivity index is 1.47. The van der Waals surface area contributed by atoms with Crippen molar-refractivity contribution in [2.45, 2.75) is 45.4 Å². The van der Waals surface area contributed by atoms with Gasteiger partial charge in [-0.25, -0.2) is 0 Å². The highest BCUT2D eigenvalue weighted by Crippen LogP contribution is 2.38. The van der Waals surface area contributed by atoms with Gasteiger partial charge in [-0.1, -0.05) is 23.4 Å². The van der Waals surface area contributed by atoms with E-state index in [1.165, 1.54) is 0 Å². The fourth-order valence-electron chi connectivity index (χ4n) is 3.31. The van der Waals surface area contributed by atoms with Crippen molar-refractivity contribution >= 4 is 0 Å². The number of benzene rings is 1. The number of hydrogen-bond acceptors (Lipinski definition) is 6. The Morgan fingerprint density at radius 2 is 2.11 bits per heavy atom. The number of ether oxygens (including phenoxy) is 1. The van der Waals surface area contributed by atoms with Crippen LogP contribution in [0.5, 0.6) is 5.75 Å². The van der Waals surface area contributed by atoms with E-state index in [9.17, 15) is 0 Å². The second-order valence-corrected chi connectivity index (χ2v) is 7.80. The van der Waals surface area contributed by atoms with Gasteiger partial charge in [0.15, 0.2) is 0 Å². The molecule has 3 aromatic rings. The minimum Gasteiger partial charge on any atom is -0.489 e. The third-order valence-corrected chi connectivity index (χ3v) is 4.83. The molecule has 4 rings (SSSR count). The molecule has 2 aromatic heterocycles. The number of rotatable bonds is 5. The molecule has 1 aliphatic rings. The molecule has 0 saturated carbocycles. The average Bonchev–Trinajstić information content (AvgIpc) is 3.08. The summed E-state index contributed by atoms with van der Waals surface area (Å²) in [6.45, 7) is 8.15. The van der Waals surface area contributed by atoms with E-state index < -0.39 is 0 Å². The van der Waals surface area contributed by atoms with Gasteiger partial charge < -0.3 is 9.26 Å². The first kappa shape index (κ1) is 17.7. The molecule has 6 heteroatoms. The molecule has 27 heavy (non-hydrogen) atoms. The molecule has 1 aliphatic heterocycles. The van der Waals surface area contributed by atoms with Crippen LogP contribution in [-0.4, -0.2) is 32.1 Å². The standard InChI is InChI=1S/C21H24N4O2/c1-21(2,3)25-11-9-18(25)20-23-19(24-27-20)16-7-4-8-17(12-16)26-14-15-6-5-10-22-13-15/h4-8,10,12-13,18H,9,11,14H2,1-3H3. The molecule has 0 radical (unpaired) electrons. The van der Waals surface area contributed by atoms with Crippen molar-refractivity contribution in [3.05, 3.63) is 60.2 Å². The highest BCUT2D eigenvalue weighted by Gasteiger charge is 2.40. The van der Waals surface area contributed by atoms with Gasteiger partial charge in [-0.3, -0.25) is 9.88 Å². The molecule has 140 valence electrons. The minimum atomic E-state index is 0.0948. The lowest BCUT2D eigenvalue weighted by molar-refractivity contribution is -0.0159. The summed E-state index contributed by atoms with van der Waals surface area (Å²) in [5.41, 5.74) is 2.00. The van der Waals surface area contributed by atoms with Crippen molar-refractivity contribution in [1.29, 1.82) is 0 Å². The van der Waals surface area contributed by atoms with Gasteiger partial charge in [0.05, 0.1) is 6.04 Å². The molecule has 1 atom stereocenters. The Bertz CT molecular complexity index is 902. The number of likely N-dealkylation sites (tertiary alicyclic amines) is 1. The summed E-state index contributed by atoms with van der Waals surface area (Å²) in [6.07, 6.45) is 4.60. The summed E-state index contributed by atoms with van der Waals surface area (Å²) in [5, 5.41) is 4.19. The topological polar surface area (TPSA) is 64.3 Å². The van der Waals surface area contributed by atoms with Crippen LogP contribution in [0.2, 0.25) is 0 Å². The van der Waals surface area contributed by atoms with Gasteiger partial charge in [-0.05, 0) is 45.4 Å². The Kier molecular flexibility index (Phi) is 4.66. The van der Waals surface area contributed by atoms with Crippen LogP contribution in [0.15, 0.2) is 53.3 Å². The molecule has 0 bridgehead atoms. The molecular formula is C21H24N4O2. The third-order valence-electron chi connectivity index (χ3n) is 4.83. The van der Waals surface area contributed by atoms with E-state index in [0.29, 0.717) is 18.3 Å². The van der Waals surface area contributed by atoms with Crippen LogP contribution in [0.25, 0.3) is 11.4 Å². The molecule has 1 unspecified atom stereocenters. The number of nitrogens with zero attached hydrogens (tertiary/aromatic N) is 4. The second kappa shape index (κ2) is 7.12. The van der Waals surface area contributed by atoms with E-state index in [-0.39, 0.29) is 11.6 Å². The first-order valence-electron chi connectivity index (χ1n) is 9.23. The summed E-state index contributed by atoms with van der Waals surface area (Å²) < 4.78 is 11.4. The molecule has 1 aromatic carbocycles. The van der Waals surface area contributed by atoms with Crippen LogP contribution in [-0.2, 0) is 6.61 Å². The van der Waals surface area contributed by atoms with Crippen molar-refractivity contribution in [2.24, 2.45) is 0 Å². The van der Waals surface area contributed by atoms with Gasteiger partial charge in [0.2, 0.25) is 11.7 Å². The average molecular weight is 364 g/mol. The monoisotopic (exact) mass is 364 g/mol. The van der Waals surface area contributed by atoms with E-state index in [4.69, 9.17) is 9.26 Å². The molecule has 0 aliphatic carbocycles. The first-order chi connectivity index (χ1) is 13.0. The van der Waals surface area contributed by atoms with Gasteiger partial charge in [-0.2, -0.15) is 4.98 Å². The lowest BCUT2D eigenvalue weighted by atomic mass is 9.93. The summed E-state index contributed by atoms with van der Waals surface area (Å²) >= 11 is 0. The fourth-order valence-corrected chi connectivity index (χ4v) is 3.31. The van der Waals surface area contributed by atoms with Crippen LogP contribution in [0.1, 0.15) is 44.7 Å². The molecule has 1 saturated heterocycles. The van der Waals surface area contributed by atoms with Crippen molar-refractivity contribution in [1.82, 2.24) is 20.0 Å². The number of pyridine rings is 1. The summed E-state index contributed by atoms with van der Waals surface area (Å²) in [4.78, 5) is 11.1. The van der Waals surface area contributed by atoms with Gasteiger partial charge in [-0.15, -0.1) is 0 Å². The van der Waals surface area contributed by atoms with Gasteiger partial charge in [0.1, 0.15) is 12.4 Å². The van der Waals surface area contributed by atoms with Crippen LogP contribution in [0.3, 0.4) is 0 Å². The number of aromatic nitrogens is 3. The van der Waals surface area contributed by atoms with Crippen molar-refractivity contribution < 1.29 is 9.26 Å². The predicted molar refractivity (Wildman–Crippen MR) is 102 cm³/mol. The molecule has 3 heterocycles. The van der Waals surface area contributed by atoms with E-state index in [2.05, 4.69) is 40.8 Å². The zero-order valence-electron chi connectivity index (χ0n) is 15.9. The Morgan fingerprint density at radius 1 is 1.22 bits per heavy atom. The zero-order valence-corrected chi connectivity index (χ0v) is 15.9. The highest BCUT2D eigenvalue weighted by molar-refractivity contribution is 5.56.